The molecule has 0 radical (unpaired) electrons. The number of hydrogen-bond donors (Lipinski definition) is 0. The molecule has 0 unspecified atom stereocenters. The molecule has 0 bridgehead atoms. The summed E-state index contributed by atoms with van der Waals surface area (Å²) in [4.78, 5) is 0. The second-order valence-corrected chi connectivity index (χ2v) is 13.4. The molecule has 0 heteroatoms. The lowest BCUT2D eigenvalue weighted by atomic mass is 9.38. The fourth-order valence-electron chi connectivity index (χ4n) is 9.38. The molecule has 4 rings (SSSR count). The molecular weight excluding hydrogens is 360 g/mol. The maximum atomic E-state index is 2.81. The first-order chi connectivity index (χ1) is 14.0. The van der Waals surface area contributed by atoms with Gasteiger partial charge in [0.05, 0.1) is 0 Å². The smallest absolute Gasteiger partial charge is 0.00570 e. The molecule has 0 heterocycles. The van der Waals surface area contributed by atoms with E-state index in [-0.39, 0.29) is 0 Å². The summed E-state index contributed by atoms with van der Waals surface area (Å²) < 4.78 is 0. The Morgan fingerprint density at radius 3 is 2.47 bits per heavy atom. The van der Waals surface area contributed by atoms with Gasteiger partial charge >= 0.3 is 0 Å². The zero-order chi connectivity index (χ0) is 21.8. The van der Waals surface area contributed by atoms with Crippen LogP contribution in [0.4, 0.5) is 0 Å². The molecule has 4 aliphatic carbocycles. The van der Waals surface area contributed by atoms with Crippen LogP contribution in [0.3, 0.4) is 0 Å². The van der Waals surface area contributed by atoms with Gasteiger partial charge in [-0.15, -0.1) is 0 Å². The summed E-state index contributed by atoms with van der Waals surface area (Å²) in [6.07, 6.45) is 22.4. The van der Waals surface area contributed by atoms with E-state index < -0.39 is 0 Å². The van der Waals surface area contributed by atoms with Crippen molar-refractivity contribution in [2.75, 3.05) is 0 Å². The molecule has 3 saturated carbocycles. The minimum absolute atomic E-state index is 0.449. The highest BCUT2D eigenvalue weighted by Crippen LogP contribution is 2.71. The largest absolute Gasteiger partial charge is 0.0859 e. The third-order valence-corrected chi connectivity index (χ3v) is 11.3. The average Bonchev–Trinajstić information content (AvgIpc) is 2.65. The molecule has 0 nitrogen and oxygen atoms in total. The monoisotopic (exact) mass is 410 g/mol. The Labute approximate surface area is 188 Å². The first-order valence-electron chi connectivity index (χ1n) is 13.4. The van der Waals surface area contributed by atoms with Crippen LogP contribution in [0.2, 0.25) is 0 Å². The number of rotatable bonds is 4. The topological polar surface area (TPSA) is 0 Å². The van der Waals surface area contributed by atoms with Gasteiger partial charge in [-0.2, -0.15) is 0 Å². The van der Waals surface area contributed by atoms with Gasteiger partial charge in [0.15, 0.2) is 0 Å². The van der Waals surface area contributed by atoms with E-state index in [0.29, 0.717) is 21.7 Å². The summed E-state index contributed by atoms with van der Waals surface area (Å²) in [6.45, 7) is 17.8. The first-order valence-corrected chi connectivity index (χ1v) is 13.4. The van der Waals surface area contributed by atoms with Crippen molar-refractivity contribution in [1.29, 1.82) is 0 Å². The molecule has 3 fully saturated rings. The molecule has 4 aliphatic rings. The predicted molar refractivity (Wildman–Crippen MR) is 131 cm³/mol. The van der Waals surface area contributed by atoms with Crippen LogP contribution in [0.5, 0.6) is 0 Å². The molecule has 0 saturated heterocycles. The SMILES string of the molecule is CC(C)=CCCC[C@@H]1CCC[C@]2(C)C3=CC[C@H]4C(C)(C)CCC[C@]4(C)[C@H]3CC[C@@]12C. The molecule has 0 spiro atoms. The second kappa shape index (κ2) is 7.81. The van der Waals surface area contributed by atoms with Gasteiger partial charge in [0.1, 0.15) is 0 Å². The van der Waals surface area contributed by atoms with Crippen LogP contribution in [0, 0.1) is 39.4 Å². The summed E-state index contributed by atoms with van der Waals surface area (Å²) in [5, 5.41) is 0. The highest BCUT2D eigenvalue weighted by molar-refractivity contribution is 5.32. The molecular formula is C30H50. The number of hydrogen-bond acceptors (Lipinski definition) is 0. The van der Waals surface area contributed by atoms with Crippen LogP contribution < -0.4 is 0 Å². The summed E-state index contributed by atoms with van der Waals surface area (Å²) in [6, 6.07) is 0. The maximum Gasteiger partial charge on any atom is -0.00570 e. The van der Waals surface area contributed by atoms with E-state index in [1.54, 1.807) is 0 Å². The lowest BCUT2D eigenvalue weighted by molar-refractivity contribution is -0.108. The molecule has 0 amide bonds. The summed E-state index contributed by atoms with van der Waals surface area (Å²) in [5.74, 6) is 2.68. The van der Waals surface area contributed by atoms with Crippen molar-refractivity contribution in [2.45, 2.75) is 126 Å². The van der Waals surface area contributed by atoms with Crippen molar-refractivity contribution in [1.82, 2.24) is 0 Å². The molecule has 0 N–H and O–H groups in total. The maximum absolute atomic E-state index is 2.81. The van der Waals surface area contributed by atoms with Gasteiger partial charge in [0.25, 0.3) is 0 Å². The van der Waals surface area contributed by atoms with E-state index in [4.69, 9.17) is 0 Å². The van der Waals surface area contributed by atoms with Gasteiger partial charge in [-0.1, -0.05) is 70.8 Å². The van der Waals surface area contributed by atoms with Crippen molar-refractivity contribution < 1.29 is 0 Å². The van der Waals surface area contributed by atoms with Crippen LogP contribution in [-0.2, 0) is 0 Å². The molecule has 0 aromatic heterocycles. The average molecular weight is 411 g/mol. The third-order valence-electron chi connectivity index (χ3n) is 11.3. The van der Waals surface area contributed by atoms with Crippen molar-refractivity contribution >= 4 is 0 Å². The minimum Gasteiger partial charge on any atom is -0.0859 e. The van der Waals surface area contributed by atoms with Crippen LogP contribution >= 0.6 is 0 Å². The van der Waals surface area contributed by atoms with Crippen LogP contribution in [0.15, 0.2) is 23.3 Å². The summed E-state index contributed by atoms with van der Waals surface area (Å²) >= 11 is 0. The van der Waals surface area contributed by atoms with Crippen LogP contribution in [0.1, 0.15) is 126 Å². The third kappa shape index (κ3) is 3.38. The van der Waals surface area contributed by atoms with Gasteiger partial charge in [0.2, 0.25) is 0 Å². The van der Waals surface area contributed by atoms with Gasteiger partial charge in [-0.25, -0.2) is 0 Å². The molecule has 0 aliphatic heterocycles. The Hall–Kier alpha value is -0.520. The highest BCUT2D eigenvalue weighted by Gasteiger charge is 2.62. The van der Waals surface area contributed by atoms with Crippen molar-refractivity contribution in [3.05, 3.63) is 23.3 Å². The van der Waals surface area contributed by atoms with E-state index >= 15 is 0 Å². The highest BCUT2D eigenvalue weighted by atomic mass is 14.7. The number of allylic oxidation sites excluding steroid dienone is 4. The fraction of sp³-hybridized carbons (Fsp3) is 0.867. The fourth-order valence-corrected chi connectivity index (χ4v) is 9.38. The zero-order valence-electron chi connectivity index (χ0n) is 21.4. The molecule has 0 aromatic carbocycles. The second-order valence-electron chi connectivity index (χ2n) is 13.4. The van der Waals surface area contributed by atoms with Crippen molar-refractivity contribution in [3.63, 3.8) is 0 Å². The normalized spacial score (nSPS) is 44.9. The molecule has 6 atom stereocenters. The first kappa shape index (κ1) is 22.7. The van der Waals surface area contributed by atoms with Gasteiger partial charge in [-0.05, 0) is 117 Å². The van der Waals surface area contributed by atoms with Crippen LogP contribution in [0.25, 0.3) is 0 Å². The van der Waals surface area contributed by atoms with Crippen LogP contribution in [-0.4, -0.2) is 0 Å². The lowest BCUT2D eigenvalue weighted by Crippen LogP contribution is -2.58. The van der Waals surface area contributed by atoms with E-state index in [2.05, 4.69) is 60.6 Å². The van der Waals surface area contributed by atoms with Gasteiger partial charge < -0.3 is 0 Å². The Kier molecular flexibility index (Phi) is 5.90. The Morgan fingerprint density at radius 2 is 1.73 bits per heavy atom. The summed E-state index contributed by atoms with van der Waals surface area (Å²) in [5.41, 5.74) is 5.46. The number of unbranched alkanes of at least 4 members (excludes halogenated alkanes) is 1. The van der Waals surface area contributed by atoms with Crippen molar-refractivity contribution in [2.24, 2.45) is 39.4 Å². The van der Waals surface area contributed by atoms with E-state index in [1.807, 2.05) is 5.57 Å². The van der Waals surface area contributed by atoms with E-state index in [0.717, 1.165) is 17.8 Å². The number of fused-ring (bicyclic) bond motifs is 5. The molecule has 170 valence electrons. The van der Waals surface area contributed by atoms with E-state index in [1.165, 1.54) is 82.6 Å². The van der Waals surface area contributed by atoms with Crippen molar-refractivity contribution in [3.8, 4) is 0 Å². The predicted octanol–water partition coefficient (Wildman–Crippen LogP) is 9.51. The quantitative estimate of drug-likeness (QED) is 0.319. The zero-order valence-corrected chi connectivity index (χ0v) is 21.4. The Balaban J connectivity index is 1.61. The molecule has 0 aromatic rings. The van der Waals surface area contributed by atoms with Gasteiger partial charge in [0, 0.05) is 0 Å². The Bertz CT molecular complexity index is 704. The summed E-state index contributed by atoms with van der Waals surface area (Å²) in [7, 11) is 0. The minimum atomic E-state index is 0.449. The van der Waals surface area contributed by atoms with Gasteiger partial charge in [-0.3, -0.25) is 0 Å². The lowest BCUT2D eigenvalue weighted by Gasteiger charge is -2.67. The Morgan fingerprint density at radius 1 is 0.967 bits per heavy atom. The molecule has 30 heavy (non-hydrogen) atoms. The standard InChI is InChI=1S/C30H50/c1-22(2)12-8-9-13-23-14-10-20-30(7)25-15-16-26-27(3,4)18-11-19-28(26,5)24(25)17-21-29(23,30)6/h12,15,23-24,26H,8-11,13-14,16-21H2,1-7H3/t23-,24+,26+,28-,29+,30-/m1/s1. The van der Waals surface area contributed by atoms with E-state index in [9.17, 15) is 0 Å².